The summed E-state index contributed by atoms with van der Waals surface area (Å²) in [5, 5.41) is 3.58. The third-order valence-electron chi connectivity index (χ3n) is 4.41. The molecule has 1 atom stereocenters. The average molecular weight is 277 g/mol. The summed E-state index contributed by atoms with van der Waals surface area (Å²) in [6.45, 7) is 7.71. The molecule has 0 aromatic carbocycles. The Morgan fingerprint density at radius 3 is 2.65 bits per heavy atom. The maximum absolute atomic E-state index is 12.1. The van der Waals surface area contributed by atoms with Crippen molar-refractivity contribution >= 4 is 0 Å². The predicted octanol–water partition coefficient (Wildman–Crippen LogP) is 2.42. The van der Waals surface area contributed by atoms with E-state index >= 15 is 0 Å². The summed E-state index contributed by atoms with van der Waals surface area (Å²) in [5.74, 6) is 0.691. The highest BCUT2D eigenvalue weighted by Gasteiger charge is 2.24. The first-order valence-corrected chi connectivity index (χ1v) is 7.90. The van der Waals surface area contributed by atoms with Crippen molar-refractivity contribution in [1.29, 1.82) is 0 Å². The Bertz CT molecular complexity index is 489. The first-order valence-electron chi connectivity index (χ1n) is 7.90. The van der Waals surface area contributed by atoms with E-state index in [0.29, 0.717) is 12.0 Å². The Hall–Kier alpha value is -1.16. The largest absolute Gasteiger partial charge is 0.348 e. The number of rotatable bonds is 5. The molecular formula is C16H27N3O. The van der Waals surface area contributed by atoms with Gasteiger partial charge in [-0.2, -0.15) is 4.98 Å². The molecule has 0 radical (unpaired) electrons. The molecule has 1 N–H and O–H groups in total. The predicted molar refractivity (Wildman–Crippen MR) is 82.0 cm³/mol. The van der Waals surface area contributed by atoms with Gasteiger partial charge in [-0.15, -0.1) is 0 Å². The highest BCUT2D eigenvalue weighted by atomic mass is 16.1. The molecule has 0 bridgehead atoms. The van der Waals surface area contributed by atoms with Crippen LogP contribution in [0, 0.1) is 19.8 Å². The number of likely N-dealkylation sites (N-methyl/N-ethyl adjacent to an activating group) is 1. The minimum atomic E-state index is -0.110. The third kappa shape index (κ3) is 3.69. The second-order valence-corrected chi connectivity index (χ2v) is 5.99. The van der Waals surface area contributed by atoms with E-state index in [9.17, 15) is 4.79 Å². The fourth-order valence-electron chi connectivity index (χ4n) is 3.37. The summed E-state index contributed by atoms with van der Waals surface area (Å²) < 4.78 is 1.83. The minimum absolute atomic E-state index is 0.110. The third-order valence-corrected chi connectivity index (χ3v) is 4.41. The summed E-state index contributed by atoms with van der Waals surface area (Å²) in [6.07, 6.45) is 6.58. The maximum atomic E-state index is 12.1. The van der Waals surface area contributed by atoms with Gasteiger partial charge >= 0.3 is 5.69 Å². The van der Waals surface area contributed by atoms with E-state index in [1.807, 2.05) is 24.5 Å². The van der Waals surface area contributed by atoms with Gasteiger partial charge < -0.3 is 5.32 Å². The van der Waals surface area contributed by atoms with Gasteiger partial charge in [-0.1, -0.05) is 26.2 Å². The molecule has 4 nitrogen and oxygen atoms in total. The Labute approximate surface area is 121 Å². The van der Waals surface area contributed by atoms with Gasteiger partial charge in [0.2, 0.25) is 0 Å². The lowest BCUT2D eigenvalue weighted by atomic mass is 9.83. The van der Waals surface area contributed by atoms with E-state index in [1.54, 1.807) is 0 Å². The molecule has 1 unspecified atom stereocenters. The van der Waals surface area contributed by atoms with Crippen LogP contribution in [-0.4, -0.2) is 22.1 Å². The lowest BCUT2D eigenvalue weighted by Gasteiger charge is -2.31. The molecule has 1 fully saturated rings. The molecule has 0 amide bonds. The van der Waals surface area contributed by atoms with Gasteiger partial charge in [0.15, 0.2) is 0 Å². The highest BCUT2D eigenvalue weighted by Crippen LogP contribution is 2.27. The van der Waals surface area contributed by atoms with Gasteiger partial charge in [-0.3, -0.25) is 4.57 Å². The Morgan fingerprint density at radius 2 is 2.05 bits per heavy atom. The van der Waals surface area contributed by atoms with Gasteiger partial charge in [-0.25, -0.2) is 4.79 Å². The number of aryl methyl sites for hydroxylation is 2. The second kappa shape index (κ2) is 7.02. The van der Waals surface area contributed by atoms with Crippen LogP contribution in [-0.2, 0) is 6.54 Å². The van der Waals surface area contributed by atoms with Crippen LogP contribution in [0.1, 0.15) is 50.4 Å². The van der Waals surface area contributed by atoms with Gasteiger partial charge in [0.1, 0.15) is 0 Å². The zero-order valence-corrected chi connectivity index (χ0v) is 13.0. The van der Waals surface area contributed by atoms with Gasteiger partial charge in [-0.05, 0) is 45.2 Å². The number of aromatic nitrogens is 2. The van der Waals surface area contributed by atoms with Gasteiger partial charge in [0.25, 0.3) is 0 Å². The van der Waals surface area contributed by atoms with E-state index in [-0.39, 0.29) is 5.69 Å². The quantitative estimate of drug-likeness (QED) is 0.899. The van der Waals surface area contributed by atoms with Crippen molar-refractivity contribution in [2.24, 2.45) is 5.92 Å². The first kappa shape index (κ1) is 15.2. The van der Waals surface area contributed by atoms with E-state index in [2.05, 4.69) is 17.2 Å². The highest BCUT2D eigenvalue weighted by molar-refractivity contribution is 5.07. The van der Waals surface area contributed by atoms with Crippen LogP contribution in [0.5, 0.6) is 0 Å². The summed E-state index contributed by atoms with van der Waals surface area (Å²) in [7, 11) is 0. The molecule has 0 spiro atoms. The molecule has 0 aliphatic heterocycles. The Kier molecular flexibility index (Phi) is 5.35. The molecule has 4 heteroatoms. The normalized spacial score (nSPS) is 18.1. The van der Waals surface area contributed by atoms with Crippen LogP contribution >= 0.6 is 0 Å². The van der Waals surface area contributed by atoms with Crippen molar-refractivity contribution < 1.29 is 0 Å². The van der Waals surface area contributed by atoms with Crippen molar-refractivity contribution in [1.82, 2.24) is 14.9 Å². The van der Waals surface area contributed by atoms with Crippen LogP contribution < -0.4 is 11.0 Å². The fraction of sp³-hybridized carbons (Fsp3) is 0.750. The summed E-state index contributed by atoms with van der Waals surface area (Å²) in [5.41, 5.74) is 1.71. The monoisotopic (exact) mass is 277 g/mol. The van der Waals surface area contributed by atoms with Crippen molar-refractivity contribution in [3.8, 4) is 0 Å². The minimum Gasteiger partial charge on any atom is -0.312 e. The van der Waals surface area contributed by atoms with Gasteiger partial charge in [0, 0.05) is 24.0 Å². The van der Waals surface area contributed by atoms with E-state index in [4.69, 9.17) is 0 Å². The lowest BCUT2D eigenvalue weighted by Crippen LogP contribution is -2.43. The zero-order chi connectivity index (χ0) is 14.5. The van der Waals surface area contributed by atoms with Crippen LogP contribution in [0.25, 0.3) is 0 Å². The number of hydrogen-bond acceptors (Lipinski definition) is 3. The van der Waals surface area contributed by atoms with Gasteiger partial charge in [0.05, 0.1) is 0 Å². The van der Waals surface area contributed by atoms with Crippen LogP contribution in [0.2, 0.25) is 0 Å². The number of nitrogens with one attached hydrogen (secondary N) is 1. The second-order valence-electron chi connectivity index (χ2n) is 5.99. The zero-order valence-electron chi connectivity index (χ0n) is 13.0. The molecule has 1 saturated carbocycles. The molecule has 0 saturated heterocycles. The summed E-state index contributed by atoms with van der Waals surface area (Å²) in [4.78, 5) is 16.2. The SMILES string of the molecule is CCNC(Cn1c(C)cc(C)nc1=O)C1CCCCC1. The fourth-order valence-corrected chi connectivity index (χ4v) is 3.37. The molecular weight excluding hydrogens is 250 g/mol. The summed E-state index contributed by atoms with van der Waals surface area (Å²) in [6, 6.07) is 2.38. The summed E-state index contributed by atoms with van der Waals surface area (Å²) >= 11 is 0. The van der Waals surface area contributed by atoms with Crippen molar-refractivity contribution in [3.63, 3.8) is 0 Å². The van der Waals surface area contributed by atoms with E-state index in [0.717, 1.165) is 24.5 Å². The average Bonchev–Trinajstić information content (AvgIpc) is 2.42. The topological polar surface area (TPSA) is 46.9 Å². The molecule has 1 aliphatic rings. The maximum Gasteiger partial charge on any atom is 0.348 e. The van der Waals surface area contributed by atoms with Crippen LogP contribution in [0.3, 0.4) is 0 Å². The van der Waals surface area contributed by atoms with Crippen molar-refractivity contribution in [2.75, 3.05) is 6.54 Å². The standard InChI is InChI=1S/C16H27N3O/c1-4-17-15(14-8-6-5-7-9-14)11-19-13(3)10-12(2)18-16(19)20/h10,14-15,17H,4-9,11H2,1-3H3. The van der Waals surface area contributed by atoms with Crippen molar-refractivity contribution in [3.05, 3.63) is 27.9 Å². The van der Waals surface area contributed by atoms with E-state index < -0.39 is 0 Å². The number of nitrogens with zero attached hydrogens (tertiary/aromatic N) is 2. The molecule has 2 rings (SSSR count). The molecule has 1 aliphatic carbocycles. The van der Waals surface area contributed by atoms with E-state index in [1.165, 1.54) is 32.1 Å². The lowest BCUT2D eigenvalue weighted by molar-refractivity contribution is 0.247. The smallest absolute Gasteiger partial charge is 0.312 e. The Morgan fingerprint density at radius 1 is 1.35 bits per heavy atom. The van der Waals surface area contributed by atoms with Crippen molar-refractivity contribution in [2.45, 2.75) is 65.5 Å². The first-order chi connectivity index (χ1) is 9.61. The van der Waals surface area contributed by atoms with Crippen LogP contribution in [0.15, 0.2) is 10.9 Å². The number of hydrogen-bond donors (Lipinski definition) is 1. The molecule has 1 aromatic heterocycles. The molecule has 1 aromatic rings. The molecule has 112 valence electrons. The molecule has 20 heavy (non-hydrogen) atoms. The molecule has 1 heterocycles. The van der Waals surface area contributed by atoms with Crippen LogP contribution in [0.4, 0.5) is 0 Å². The Balaban J connectivity index is 2.17.